The van der Waals surface area contributed by atoms with Gasteiger partial charge in [-0.15, -0.1) is 24.8 Å². The smallest absolute Gasteiger partial charge is 0.251 e. The molecule has 1 aromatic rings. The SMILES string of the molecule is Cl.Cl.O=C(NCCN1CCOCC1)c1cccc(C2CCNC2)c1. The van der Waals surface area contributed by atoms with Gasteiger partial charge in [-0.2, -0.15) is 0 Å². The Morgan fingerprint density at radius 1 is 1.29 bits per heavy atom. The quantitative estimate of drug-likeness (QED) is 0.821. The van der Waals surface area contributed by atoms with E-state index in [2.05, 4.69) is 21.6 Å². The standard InChI is InChI=1S/C17H25N3O2.2ClH/c21-17(19-6-7-20-8-10-22-11-9-20)15-3-1-2-14(12-15)16-4-5-18-13-16;;/h1-3,12,16,18H,4-11,13H2,(H,19,21);2*1H. The van der Waals surface area contributed by atoms with Gasteiger partial charge in [-0.05, 0) is 36.6 Å². The van der Waals surface area contributed by atoms with Crippen molar-refractivity contribution in [1.82, 2.24) is 15.5 Å². The van der Waals surface area contributed by atoms with Gasteiger partial charge in [0.25, 0.3) is 5.91 Å². The van der Waals surface area contributed by atoms with Crippen molar-refractivity contribution in [2.45, 2.75) is 12.3 Å². The minimum absolute atomic E-state index is 0. The summed E-state index contributed by atoms with van der Waals surface area (Å²) >= 11 is 0. The minimum Gasteiger partial charge on any atom is -0.379 e. The zero-order chi connectivity index (χ0) is 15.2. The van der Waals surface area contributed by atoms with E-state index in [9.17, 15) is 4.79 Å². The predicted molar refractivity (Wildman–Crippen MR) is 101 cm³/mol. The van der Waals surface area contributed by atoms with Gasteiger partial charge in [0.15, 0.2) is 0 Å². The van der Waals surface area contributed by atoms with Crippen LogP contribution in [-0.4, -0.2) is 63.3 Å². The molecule has 2 fully saturated rings. The van der Waals surface area contributed by atoms with Crippen LogP contribution in [0.4, 0.5) is 0 Å². The van der Waals surface area contributed by atoms with E-state index in [-0.39, 0.29) is 30.7 Å². The summed E-state index contributed by atoms with van der Waals surface area (Å²) < 4.78 is 5.32. The zero-order valence-corrected chi connectivity index (χ0v) is 15.5. The number of carbonyl (C=O) groups excluding carboxylic acids is 1. The van der Waals surface area contributed by atoms with E-state index in [0.717, 1.165) is 57.9 Å². The van der Waals surface area contributed by atoms with E-state index in [0.29, 0.717) is 12.5 Å². The fraction of sp³-hybridized carbons (Fsp3) is 0.588. The lowest BCUT2D eigenvalue weighted by atomic mass is 9.96. The lowest BCUT2D eigenvalue weighted by Crippen LogP contribution is -2.41. The van der Waals surface area contributed by atoms with Crippen LogP contribution in [0.5, 0.6) is 0 Å². The second-order valence-corrected chi connectivity index (χ2v) is 6.03. The van der Waals surface area contributed by atoms with Crippen LogP contribution < -0.4 is 10.6 Å². The molecule has 5 nitrogen and oxygen atoms in total. The molecular weight excluding hydrogens is 349 g/mol. The van der Waals surface area contributed by atoms with E-state index in [4.69, 9.17) is 4.74 Å². The summed E-state index contributed by atoms with van der Waals surface area (Å²) in [4.78, 5) is 14.6. The van der Waals surface area contributed by atoms with Crippen LogP contribution in [0.1, 0.15) is 28.3 Å². The number of amides is 1. The van der Waals surface area contributed by atoms with Crippen LogP contribution >= 0.6 is 24.8 Å². The van der Waals surface area contributed by atoms with Crippen LogP contribution in [0.3, 0.4) is 0 Å². The molecule has 1 unspecified atom stereocenters. The number of halogens is 2. The maximum absolute atomic E-state index is 12.3. The number of morpholine rings is 1. The van der Waals surface area contributed by atoms with E-state index >= 15 is 0 Å². The van der Waals surface area contributed by atoms with E-state index in [1.54, 1.807) is 0 Å². The molecule has 0 bridgehead atoms. The number of benzene rings is 1. The molecule has 1 atom stereocenters. The lowest BCUT2D eigenvalue weighted by Gasteiger charge is -2.26. The largest absolute Gasteiger partial charge is 0.379 e. The number of ether oxygens (including phenoxy) is 1. The second kappa shape index (κ2) is 10.9. The molecule has 0 spiro atoms. The summed E-state index contributed by atoms with van der Waals surface area (Å²) in [6.07, 6.45) is 1.15. The van der Waals surface area contributed by atoms with Crippen molar-refractivity contribution in [3.05, 3.63) is 35.4 Å². The molecule has 2 heterocycles. The van der Waals surface area contributed by atoms with E-state index in [1.807, 2.05) is 18.2 Å². The van der Waals surface area contributed by atoms with E-state index < -0.39 is 0 Å². The molecule has 0 aliphatic carbocycles. The molecule has 2 saturated heterocycles. The number of rotatable bonds is 5. The molecule has 0 radical (unpaired) electrons. The van der Waals surface area contributed by atoms with Crippen molar-refractivity contribution in [2.24, 2.45) is 0 Å². The van der Waals surface area contributed by atoms with Crippen molar-refractivity contribution < 1.29 is 9.53 Å². The molecule has 1 amide bonds. The summed E-state index contributed by atoms with van der Waals surface area (Å²) in [6, 6.07) is 8.06. The Labute approximate surface area is 156 Å². The average molecular weight is 376 g/mol. The molecule has 2 aliphatic heterocycles. The third kappa shape index (κ3) is 5.90. The molecule has 0 aromatic heterocycles. The van der Waals surface area contributed by atoms with Gasteiger partial charge in [-0.1, -0.05) is 12.1 Å². The third-order valence-electron chi connectivity index (χ3n) is 4.50. The van der Waals surface area contributed by atoms with Gasteiger partial charge in [0, 0.05) is 38.3 Å². The number of hydrogen-bond acceptors (Lipinski definition) is 4. The Bertz CT molecular complexity index is 504. The summed E-state index contributed by atoms with van der Waals surface area (Å²) in [6.45, 7) is 7.18. The Morgan fingerprint density at radius 2 is 2.08 bits per heavy atom. The van der Waals surface area contributed by atoms with Gasteiger partial charge in [0.2, 0.25) is 0 Å². The lowest BCUT2D eigenvalue weighted by molar-refractivity contribution is 0.0383. The zero-order valence-electron chi connectivity index (χ0n) is 13.8. The van der Waals surface area contributed by atoms with Crippen molar-refractivity contribution in [3.63, 3.8) is 0 Å². The summed E-state index contributed by atoms with van der Waals surface area (Å²) in [5.74, 6) is 0.571. The van der Waals surface area contributed by atoms with Crippen molar-refractivity contribution in [2.75, 3.05) is 52.5 Å². The molecule has 1 aromatic carbocycles. The molecule has 136 valence electrons. The van der Waals surface area contributed by atoms with Crippen LogP contribution in [0.15, 0.2) is 24.3 Å². The number of nitrogens with one attached hydrogen (secondary N) is 2. The minimum atomic E-state index is 0. The summed E-state index contributed by atoms with van der Waals surface area (Å²) in [5, 5.41) is 6.40. The van der Waals surface area contributed by atoms with Crippen LogP contribution in [0, 0.1) is 0 Å². The molecular formula is C17H27Cl2N3O2. The Morgan fingerprint density at radius 3 is 2.79 bits per heavy atom. The van der Waals surface area contributed by atoms with Gasteiger partial charge >= 0.3 is 0 Å². The molecule has 7 heteroatoms. The van der Waals surface area contributed by atoms with Gasteiger partial charge in [0.05, 0.1) is 13.2 Å². The highest BCUT2D eigenvalue weighted by atomic mass is 35.5. The topological polar surface area (TPSA) is 53.6 Å². The first-order chi connectivity index (χ1) is 10.8. The molecule has 0 saturated carbocycles. The van der Waals surface area contributed by atoms with Crippen molar-refractivity contribution in [1.29, 1.82) is 0 Å². The fourth-order valence-electron chi connectivity index (χ4n) is 3.13. The van der Waals surface area contributed by atoms with Crippen molar-refractivity contribution in [3.8, 4) is 0 Å². The van der Waals surface area contributed by atoms with Crippen molar-refractivity contribution >= 4 is 30.7 Å². The van der Waals surface area contributed by atoms with E-state index in [1.165, 1.54) is 5.56 Å². The summed E-state index contributed by atoms with van der Waals surface area (Å²) in [5.41, 5.74) is 2.04. The van der Waals surface area contributed by atoms with Gasteiger partial charge < -0.3 is 15.4 Å². The Balaban J connectivity index is 0.00000144. The van der Waals surface area contributed by atoms with Crippen LogP contribution in [0.25, 0.3) is 0 Å². The monoisotopic (exact) mass is 375 g/mol. The van der Waals surface area contributed by atoms with Crippen LogP contribution in [-0.2, 0) is 4.74 Å². The first-order valence-electron chi connectivity index (χ1n) is 8.22. The van der Waals surface area contributed by atoms with Gasteiger partial charge in [-0.25, -0.2) is 0 Å². The highest BCUT2D eigenvalue weighted by molar-refractivity contribution is 5.94. The van der Waals surface area contributed by atoms with Crippen LogP contribution in [0.2, 0.25) is 0 Å². The maximum Gasteiger partial charge on any atom is 0.251 e. The number of nitrogens with zero attached hydrogens (tertiary/aromatic N) is 1. The molecule has 24 heavy (non-hydrogen) atoms. The average Bonchev–Trinajstić information content (AvgIpc) is 3.10. The predicted octanol–water partition coefficient (Wildman–Crippen LogP) is 1.67. The highest BCUT2D eigenvalue weighted by Gasteiger charge is 2.17. The molecule has 2 N–H and O–H groups in total. The third-order valence-corrected chi connectivity index (χ3v) is 4.50. The number of hydrogen-bond donors (Lipinski definition) is 2. The maximum atomic E-state index is 12.3. The Hall–Kier alpha value is -0.850. The normalized spacial score (nSPS) is 20.8. The molecule has 3 rings (SSSR count). The van der Waals surface area contributed by atoms with Gasteiger partial charge in [0.1, 0.15) is 0 Å². The summed E-state index contributed by atoms with van der Waals surface area (Å²) in [7, 11) is 0. The molecule has 2 aliphatic rings. The fourth-order valence-corrected chi connectivity index (χ4v) is 3.13. The van der Waals surface area contributed by atoms with Gasteiger partial charge in [-0.3, -0.25) is 9.69 Å². The second-order valence-electron chi connectivity index (χ2n) is 6.03. The first kappa shape index (κ1) is 21.2. The Kier molecular flexibility index (Phi) is 9.63. The first-order valence-corrected chi connectivity index (χ1v) is 8.22. The number of carbonyl (C=O) groups is 1. The highest BCUT2D eigenvalue weighted by Crippen LogP contribution is 2.22.